The lowest BCUT2D eigenvalue weighted by Crippen LogP contribution is -2.47. The molecule has 2 amide bonds. The number of pyridine rings is 2. The van der Waals surface area contributed by atoms with Crippen LogP contribution in [-0.4, -0.2) is 28.7 Å². The van der Waals surface area contributed by atoms with Crippen LogP contribution in [0.2, 0.25) is 5.02 Å². The normalized spacial score (nSPS) is 10.8. The summed E-state index contributed by atoms with van der Waals surface area (Å²) >= 11 is 6.36. The fraction of sp³-hybridized carbons (Fsp3) is 0.0968. The number of ether oxygens (including phenoxy) is 1. The number of hydrogen-bond acceptors (Lipinski definition) is 5. The molecule has 200 valence electrons. The second-order valence-corrected chi connectivity index (χ2v) is 9.43. The highest BCUT2D eigenvalue weighted by Gasteiger charge is 2.28. The topological polar surface area (TPSA) is 93.5 Å². The molecule has 0 saturated carbocycles. The Labute approximate surface area is 235 Å². The minimum absolute atomic E-state index is 0.00291. The molecule has 0 fully saturated rings. The number of amides is 2. The van der Waals surface area contributed by atoms with Gasteiger partial charge in [0.1, 0.15) is 12.3 Å². The van der Waals surface area contributed by atoms with Crippen molar-refractivity contribution in [2.24, 2.45) is 0 Å². The molecule has 0 saturated heterocycles. The van der Waals surface area contributed by atoms with E-state index in [9.17, 15) is 14.4 Å². The van der Waals surface area contributed by atoms with Crippen molar-refractivity contribution in [3.8, 4) is 11.1 Å². The molecule has 8 nitrogen and oxygen atoms in total. The molecule has 1 N–H and O–H groups in total. The van der Waals surface area contributed by atoms with Gasteiger partial charge in [-0.25, -0.2) is 14.5 Å². The molecule has 9 heteroatoms. The van der Waals surface area contributed by atoms with E-state index in [1.54, 1.807) is 42.7 Å². The van der Waals surface area contributed by atoms with Crippen LogP contribution in [0.4, 0.5) is 4.79 Å². The zero-order valence-corrected chi connectivity index (χ0v) is 22.3. The predicted octanol–water partition coefficient (Wildman–Crippen LogP) is 5.55. The number of nitrogens with one attached hydrogen (secondary N) is 1. The Morgan fingerprint density at radius 3 is 2.27 bits per heavy atom. The summed E-state index contributed by atoms with van der Waals surface area (Å²) in [6, 6.07) is 26.7. The number of fused-ring (bicyclic) bond motifs is 1. The van der Waals surface area contributed by atoms with Gasteiger partial charge in [-0.05, 0) is 52.4 Å². The summed E-state index contributed by atoms with van der Waals surface area (Å²) in [5.74, 6) is -0.558. The lowest BCUT2D eigenvalue weighted by Gasteiger charge is -2.25. The number of halogens is 1. The van der Waals surface area contributed by atoms with E-state index in [0.29, 0.717) is 21.5 Å². The Balaban J connectivity index is 1.66. The molecular formula is C31H25ClN4O4. The maximum absolute atomic E-state index is 13.9. The average molecular weight is 553 g/mol. The molecule has 5 aromatic rings. The molecule has 3 aromatic carbocycles. The summed E-state index contributed by atoms with van der Waals surface area (Å²) in [4.78, 5) is 45.1. The first-order valence-corrected chi connectivity index (χ1v) is 12.9. The van der Waals surface area contributed by atoms with Crippen LogP contribution in [0.25, 0.3) is 21.9 Å². The molecule has 0 spiro atoms. The molecule has 0 radical (unpaired) electrons. The van der Waals surface area contributed by atoms with Gasteiger partial charge in [0, 0.05) is 42.0 Å². The van der Waals surface area contributed by atoms with Crippen molar-refractivity contribution in [2.75, 3.05) is 12.1 Å². The van der Waals surface area contributed by atoms with Gasteiger partial charge in [0.25, 0.3) is 11.5 Å². The summed E-state index contributed by atoms with van der Waals surface area (Å²) in [6.45, 7) is 0.177. The van der Waals surface area contributed by atoms with Crippen LogP contribution < -0.4 is 15.9 Å². The van der Waals surface area contributed by atoms with Gasteiger partial charge in [0.2, 0.25) is 0 Å². The zero-order chi connectivity index (χ0) is 28.1. The third-order valence-corrected chi connectivity index (χ3v) is 6.61. The maximum Gasteiger partial charge on any atom is 0.429 e. The Kier molecular flexibility index (Phi) is 7.89. The highest BCUT2D eigenvalue weighted by atomic mass is 35.5. The summed E-state index contributed by atoms with van der Waals surface area (Å²) in [6.07, 6.45) is 2.45. The molecule has 0 atom stereocenters. The number of nitrogens with zero attached hydrogens (tertiary/aromatic N) is 3. The number of aromatic nitrogens is 2. The summed E-state index contributed by atoms with van der Waals surface area (Å²) in [5.41, 5.74) is 2.12. The lowest BCUT2D eigenvalue weighted by atomic mass is 9.96. The first kappa shape index (κ1) is 26.6. The van der Waals surface area contributed by atoms with Crippen LogP contribution >= 0.6 is 11.6 Å². The smallest absolute Gasteiger partial charge is 0.429 e. The summed E-state index contributed by atoms with van der Waals surface area (Å²) < 4.78 is 6.57. The van der Waals surface area contributed by atoms with Gasteiger partial charge in [-0.3, -0.25) is 14.6 Å². The third-order valence-electron chi connectivity index (χ3n) is 6.37. The van der Waals surface area contributed by atoms with Crippen LogP contribution in [-0.2, 0) is 17.9 Å². The Hall–Kier alpha value is -4.95. The minimum atomic E-state index is -0.804. The van der Waals surface area contributed by atoms with E-state index >= 15 is 0 Å². The molecule has 0 aliphatic carbocycles. The van der Waals surface area contributed by atoms with Crippen LogP contribution in [0.3, 0.4) is 0 Å². The molecule has 0 unspecified atom stereocenters. The maximum atomic E-state index is 13.9. The van der Waals surface area contributed by atoms with Crippen LogP contribution in [0.5, 0.6) is 0 Å². The van der Waals surface area contributed by atoms with Gasteiger partial charge in [0.05, 0.1) is 0 Å². The van der Waals surface area contributed by atoms with Crippen molar-refractivity contribution in [2.45, 2.75) is 13.2 Å². The van der Waals surface area contributed by atoms with E-state index in [1.165, 1.54) is 7.05 Å². The molecular weight excluding hydrogens is 528 g/mol. The first-order valence-electron chi connectivity index (χ1n) is 12.5. The second kappa shape index (κ2) is 11.8. The van der Waals surface area contributed by atoms with E-state index in [1.807, 2.05) is 60.7 Å². The Morgan fingerprint density at radius 2 is 1.57 bits per heavy atom. The average Bonchev–Trinajstić information content (AvgIpc) is 2.99. The van der Waals surface area contributed by atoms with Gasteiger partial charge >= 0.3 is 6.09 Å². The van der Waals surface area contributed by atoms with Crippen molar-refractivity contribution in [1.29, 1.82) is 0 Å². The Bertz CT molecular complexity index is 1730. The van der Waals surface area contributed by atoms with E-state index in [-0.39, 0.29) is 24.2 Å². The number of benzene rings is 3. The van der Waals surface area contributed by atoms with Crippen molar-refractivity contribution in [1.82, 2.24) is 15.0 Å². The van der Waals surface area contributed by atoms with Crippen molar-refractivity contribution < 1.29 is 14.3 Å². The fourth-order valence-electron chi connectivity index (χ4n) is 4.41. The van der Waals surface area contributed by atoms with Gasteiger partial charge < -0.3 is 10.1 Å². The van der Waals surface area contributed by atoms with Crippen LogP contribution in [0, 0.1) is 0 Å². The minimum Gasteiger partial charge on any atom is -0.443 e. The van der Waals surface area contributed by atoms with Gasteiger partial charge in [-0.15, -0.1) is 0 Å². The van der Waals surface area contributed by atoms with Gasteiger partial charge in [0.15, 0.2) is 0 Å². The molecule has 40 heavy (non-hydrogen) atoms. The molecule has 2 heterocycles. The SMILES string of the molecule is CN(C(=O)OCc1ccccc1)n1c(C(=O)NCc2ccncc2)c(-c2ccccc2)c2cc(Cl)ccc2c1=O. The monoisotopic (exact) mass is 552 g/mol. The molecule has 0 bridgehead atoms. The van der Waals surface area contributed by atoms with Gasteiger partial charge in [-0.1, -0.05) is 72.3 Å². The van der Waals surface area contributed by atoms with Gasteiger partial charge in [-0.2, -0.15) is 0 Å². The van der Waals surface area contributed by atoms with E-state index in [0.717, 1.165) is 20.8 Å². The largest absolute Gasteiger partial charge is 0.443 e. The molecule has 0 aliphatic rings. The summed E-state index contributed by atoms with van der Waals surface area (Å²) in [5, 5.41) is 5.08. The third kappa shape index (κ3) is 5.57. The Morgan fingerprint density at radius 1 is 0.900 bits per heavy atom. The number of rotatable bonds is 7. The highest BCUT2D eigenvalue weighted by Crippen LogP contribution is 2.32. The van der Waals surface area contributed by atoms with E-state index in [2.05, 4.69) is 10.3 Å². The fourth-order valence-corrected chi connectivity index (χ4v) is 4.59. The summed E-state index contributed by atoms with van der Waals surface area (Å²) in [7, 11) is 1.39. The van der Waals surface area contributed by atoms with Crippen molar-refractivity contribution in [3.05, 3.63) is 136 Å². The second-order valence-electron chi connectivity index (χ2n) is 9.00. The number of hydrogen-bond donors (Lipinski definition) is 1. The van der Waals surface area contributed by atoms with Crippen LogP contribution in [0.1, 0.15) is 21.6 Å². The quantitative estimate of drug-likeness (QED) is 0.286. The van der Waals surface area contributed by atoms with E-state index in [4.69, 9.17) is 16.3 Å². The van der Waals surface area contributed by atoms with E-state index < -0.39 is 17.6 Å². The number of carbonyl (C=O) groups is 2. The first-order chi connectivity index (χ1) is 19.4. The predicted molar refractivity (Wildman–Crippen MR) is 155 cm³/mol. The molecule has 5 rings (SSSR count). The van der Waals surface area contributed by atoms with Crippen molar-refractivity contribution in [3.63, 3.8) is 0 Å². The lowest BCUT2D eigenvalue weighted by molar-refractivity contribution is 0.0940. The number of carbonyl (C=O) groups excluding carboxylic acids is 2. The standard InChI is InChI=1S/C31H25ClN4O4/c1-35(31(39)40-20-22-8-4-2-5-9-22)36-28(29(37)34-19-21-14-16-33-17-15-21)27(23-10-6-3-7-11-23)26-18-24(32)12-13-25(26)30(36)38/h2-18H,19-20H2,1H3,(H,34,37). The zero-order valence-electron chi connectivity index (χ0n) is 21.6. The molecule has 2 aromatic heterocycles. The highest BCUT2D eigenvalue weighted by molar-refractivity contribution is 6.31. The van der Waals surface area contributed by atoms with Crippen molar-refractivity contribution >= 4 is 34.4 Å². The van der Waals surface area contributed by atoms with Crippen LogP contribution in [0.15, 0.2) is 108 Å². The molecule has 0 aliphatic heterocycles.